The molecule has 2 N–H and O–H groups in total. The number of phenols is 1. The fourth-order valence-electron chi connectivity index (χ4n) is 2.33. The maximum atomic E-state index is 9.45. The lowest BCUT2D eigenvalue weighted by atomic mass is 9.86. The van der Waals surface area contributed by atoms with Crippen LogP contribution in [0.4, 0.5) is 0 Å². The van der Waals surface area contributed by atoms with Gasteiger partial charge in [-0.1, -0.05) is 26.3 Å². The second-order valence-electron chi connectivity index (χ2n) is 4.45. The summed E-state index contributed by atoms with van der Waals surface area (Å²) in [6, 6.07) is 6.22. The molecule has 1 heterocycles. The van der Waals surface area contributed by atoms with Gasteiger partial charge >= 0.3 is 0 Å². The van der Waals surface area contributed by atoms with E-state index in [-0.39, 0.29) is 0 Å². The summed E-state index contributed by atoms with van der Waals surface area (Å²) in [5.41, 5.74) is 2.67. The molecule has 0 saturated carbocycles. The van der Waals surface area contributed by atoms with Crippen LogP contribution in [0.5, 0.6) is 5.75 Å². The summed E-state index contributed by atoms with van der Waals surface area (Å²) in [4.78, 5) is 0. The van der Waals surface area contributed by atoms with Crippen LogP contribution in [-0.4, -0.2) is 11.7 Å². The van der Waals surface area contributed by atoms with Crippen LogP contribution >= 0.6 is 0 Å². The molecule has 0 fully saturated rings. The van der Waals surface area contributed by atoms with E-state index in [9.17, 15) is 5.11 Å². The van der Waals surface area contributed by atoms with E-state index in [4.69, 9.17) is 0 Å². The first kappa shape index (κ1) is 10.5. The van der Waals surface area contributed by atoms with Crippen molar-refractivity contribution in [1.29, 1.82) is 0 Å². The highest BCUT2D eigenvalue weighted by Crippen LogP contribution is 2.31. The number of aromatic hydroxyl groups is 1. The number of fused-ring (bicyclic) bond motifs is 1. The zero-order valence-corrected chi connectivity index (χ0v) is 9.46. The van der Waals surface area contributed by atoms with Gasteiger partial charge < -0.3 is 10.4 Å². The largest absolute Gasteiger partial charge is 0.508 e. The van der Waals surface area contributed by atoms with Crippen LogP contribution in [0.1, 0.15) is 37.4 Å². The van der Waals surface area contributed by atoms with Gasteiger partial charge in [0.05, 0.1) is 0 Å². The van der Waals surface area contributed by atoms with E-state index < -0.39 is 0 Å². The molecule has 0 radical (unpaired) electrons. The van der Waals surface area contributed by atoms with Crippen molar-refractivity contribution in [3.05, 3.63) is 29.3 Å². The van der Waals surface area contributed by atoms with Crippen LogP contribution < -0.4 is 5.32 Å². The summed E-state index contributed by atoms with van der Waals surface area (Å²) in [5.74, 6) is 1.03. The molecule has 2 nitrogen and oxygen atoms in total. The third kappa shape index (κ3) is 2.00. The molecule has 2 heteroatoms. The van der Waals surface area contributed by atoms with Gasteiger partial charge in [-0.25, -0.2) is 0 Å². The summed E-state index contributed by atoms with van der Waals surface area (Å²) in [7, 11) is 0. The maximum absolute atomic E-state index is 9.45. The molecule has 0 aromatic heterocycles. The Morgan fingerprint density at radius 3 is 3.07 bits per heavy atom. The SMILES string of the molecule is CCC(C)C1NCCc2cc(O)ccc21. The van der Waals surface area contributed by atoms with E-state index in [1.54, 1.807) is 6.07 Å². The molecule has 2 atom stereocenters. The van der Waals surface area contributed by atoms with Crippen molar-refractivity contribution in [3.63, 3.8) is 0 Å². The fourth-order valence-corrected chi connectivity index (χ4v) is 2.33. The fraction of sp³-hybridized carbons (Fsp3) is 0.538. The quantitative estimate of drug-likeness (QED) is 0.778. The van der Waals surface area contributed by atoms with Gasteiger partial charge in [-0.2, -0.15) is 0 Å². The van der Waals surface area contributed by atoms with Gasteiger partial charge in [-0.05, 0) is 42.1 Å². The highest BCUT2D eigenvalue weighted by Gasteiger charge is 2.23. The van der Waals surface area contributed by atoms with Gasteiger partial charge in [0.1, 0.15) is 5.75 Å². The molecule has 2 rings (SSSR count). The molecule has 82 valence electrons. The van der Waals surface area contributed by atoms with Crippen LogP contribution in [0.25, 0.3) is 0 Å². The number of hydrogen-bond acceptors (Lipinski definition) is 2. The van der Waals surface area contributed by atoms with Gasteiger partial charge in [0, 0.05) is 6.04 Å². The number of rotatable bonds is 2. The van der Waals surface area contributed by atoms with Gasteiger partial charge in [0.15, 0.2) is 0 Å². The minimum atomic E-state index is 0.388. The molecule has 0 aliphatic carbocycles. The Kier molecular flexibility index (Phi) is 2.96. The molecule has 15 heavy (non-hydrogen) atoms. The summed E-state index contributed by atoms with van der Waals surface area (Å²) < 4.78 is 0. The molecule has 0 spiro atoms. The van der Waals surface area contributed by atoms with Crippen LogP contribution in [0.15, 0.2) is 18.2 Å². The Bertz CT molecular complexity index is 348. The number of benzene rings is 1. The van der Waals surface area contributed by atoms with Crippen LogP contribution in [0.3, 0.4) is 0 Å². The number of nitrogens with one attached hydrogen (secondary N) is 1. The van der Waals surface area contributed by atoms with Crippen molar-refractivity contribution in [3.8, 4) is 5.75 Å². The third-order valence-corrected chi connectivity index (χ3v) is 3.43. The van der Waals surface area contributed by atoms with E-state index in [2.05, 4.69) is 25.2 Å². The standard InChI is InChI=1S/C13H19NO/c1-3-9(2)13-12-5-4-11(15)8-10(12)6-7-14-13/h4-5,8-9,13-15H,3,6-7H2,1-2H3. The molecular weight excluding hydrogens is 186 g/mol. The topological polar surface area (TPSA) is 32.3 Å². The molecule has 1 aromatic rings. The molecule has 0 saturated heterocycles. The van der Waals surface area contributed by atoms with Crippen molar-refractivity contribution >= 4 is 0 Å². The highest BCUT2D eigenvalue weighted by molar-refractivity contribution is 5.38. The monoisotopic (exact) mass is 205 g/mol. The van der Waals surface area contributed by atoms with Gasteiger partial charge in [0.2, 0.25) is 0 Å². The van der Waals surface area contributed by atoms with E-state index in [0.717, 1.165) is 13.0 Å². The van der Waals surface area contributed by atoms with Gasteiger partial charge in [-0.3, -0.25) is 0 Å². The van der Waals surface area contributed by atoms with Crippen molar-refractivity contribution in [1.82, 2.24) is 5.32 Å². The molecular formula is C13H19NO. The Morgan fingerprint density at radius 1 is 1.53 bits per heavy atom. The van der Waals surface area contributed by atoms with Gasteiger partial charge in [-0.15, -0.1) is 0 Å². The number of hydrogen-bond donors (Lipinski definition) is 2. The van der Waals surface area contributed by atoms with Crippen molar-refractivity contribution in [2.75, 3.05) is 6.54 Å². The lowest BCUT2D eigenvalue weighted by Crippen LogP contribution is -2.33. The minimum absolute atomic E-state index is 0.388. The summed E-state index contributed by atoms with van der Waals surface area (Å²) >= 11 is 0. The summed E-state index contributed by atoms with van der Waals surface area (Å²) in [6.45, 7) is 5.52. The molecule has 2 unspecified atom stereocenters. The normalized spacial score (nSPS) is 22.1. The predicted molar refractivity (Wildman–Crippen MR) is 62.0 cm³/mol. The summed E-state index contributed by atoms with van der Waals surface area (Å²) in [6.07, 6.45) is 2.20. The first-order valence-corrected chi connectivity index (χ1v) is 5.77. The number of phenolic OH excluding ortho intramolecular Hbond substituents is 1. The van der Waals surface area contributed by atoms with E-state index in [0.29, 0.717) is 17.7 Å². The van der Waals surface area contributed by atoms with Crippen LogP contribution in [0, 0.1) is 5.92 Å². The average molecular weight is 205 g/mol. The highest BCUT2D eigenvalue weighted by atomic mass is 16.3. The lowest BCUT2D eigenvalue weighted by molar-refractivity contribution is 0.361. The molecule has 0 amide bonds. The molecule has 0 bridgehead atoms. The van der Waals surface area contributed by atoms with Crippen LogP contribution in [-0.2, 0) is 6.42 Å². The maximum Gasteiger partial charge on any atom is 0.115 e. The summed E-state index contributed by atoms with van der Waals surface area (Å²) in [5, 5.41) is 13.0. The third-order valence-electron chi connectivity index (χ3n) is 3.43. The smallest absolute Gasteiger partial charge is 0.115 e. The Hall–Kier alpha value is -1.02. The lowest BCUT2D eigenvalue weighted by Gasteiger charge is -2.31. The molecule has 1 aliphatic rings. The first-order chi connectivity index (χ1) is 7.22. The minimum Gasteiger partial charge on any atom is -0.508 e. The predicted octanol–water partition coefficient (Wildman–Crippen LogP) is 2.63. The Balaban J connectivity index is 2.34. The van der Waals surface area contributed by atoms with E-state index >= 15 is 0 Å². The Morgan fingerprint density at radius 2 is 2.33 bits per heavy atom. The molecule has 1 aromatic carbocycles. The van der Waals surface area contributed by atoms with Gasteiger partial charge in [0.25, 0.3) is 0 Å². The zero-order valence-electron chi connectivity index (χ0n) is 9.46. The zero-order chi connectivity index (χ0) is 10.8. The average Bonchev–Trinajstić information content (AvgIpc) is 2.26. The van der Waals surface area contributed by atoms with E-state index in [1.165, 1.54) is 17.5 Å². The Labute approximate surface area is 91.3 Å². The second-order valence-corrected chi connectivity index (χ2v) is 4.45. The van der Waals surface area contributed by atoms with Crippen molar-refractivity contribution in [2.24, 2.45) is 5.92 Å². The van der Waals surface area contributed by atoms with Crippen LogP contribution in [0.2, 0.25) is 0 Å². The first-order valence-electron chi connectivity index (χ1n) is 5.77. The molecule has 1 aliphatic heterocycles. The second kappa shape index (κ2) is 4.23. The van der Waals surface area contributed by atoms with Crippen molar-refractivity contribution < 1.29 is 5.11 Å². The van der Waals surface area contributed by atoms with E-state index in [1.807, 2.05) is 6.07 Å². The van der Waals surface area contributed by atoms with Crippen molar-refractivity contribution in [2.45, 2.75) is 32.7 Å².